The molecule has 2 N–H and O–H groups in total. The van der Waals surface area contributed by atoms with E-state index in [1.807, 2.05) is 0 Å². The van der Waals surface area contributed by atoms with Crippen LogP contribution in [0.1, 0.15) is 129 Å². The number of hydrogen-bond donors (Lipinski definition) is 2. The molecule has 0 spiro atoms. The Kier molecular flexibility index (Phi) is 12.2. The maximum atomic E-state index is 12.3. The zero-order chi connectivity index (χ0) is 24.2. The first-order chi connectivity index (χ1) is 16.5. The molecule has 0 aliphatic carbocycles. The summed E-state index contributed by atoms with van der Waals surface area (Å²) in [5.74, 6) is -0.0385. The van der Waals surface area contributed by atoms with E-state index < -0.39 is 0 Å². The minimum atomic E-state index is -0.0193. The molecule has 0 aromatic rings. The van der Waals surface area contributed by atoms with Crippen LogP contribution in [-0.4, -0.2) is 48.3 Å². The zero-order valence-corrected chi connectivity index (χ0v) is 21.8. The molecule has 6 rings (SSSR count). The first-order valence-electron chi connectivity index (χ1n) is 14.4. The van der Waals surface area contributed by atoms with Crippen molar-refractivity contribution in [2.75, 3.05) is 0 Å². The van der Waals surface area contributed by atoms with Crippen LogP contribution in [-0.2, 0) is 19.1 Å². The lowest BCUT2D eigenvalue weighted by atomic mass is 9.92. The summed E-state index contributed by atoms with van der Waals surface area (Å²) in [6.45, 7) is 4.31. The Balaban J connectivity index is 1.43. The average Bonchev–Trinajstić information content (AvgIpc) is 2.80. The van der Waals surface area contributed by atoms with Crippen LogP contribution < -0.4 is 10.6 Å². The van der Waals surface area contributed by atoms with Crippen LogP contribution in [0.3, 0.4) is 0 Å². The minimum Gasteiger partial charge on any atom is -0.461 e. The maximum absolute atomic E-state index is 12.3. The molecule has 6 heteroatoms. The lowest BCUT2D eigenvalue weighted by molar-refractivity contribution is -0.153. The molecule has 0 saturated carbocycles. The SMILES string of the molecule is C[C@@H]1N[C@@H]2CCCCCCCC(=O)O[C@@H]3CC[C@@H](CCCCCCCC(=O)O[C@H]1CC2)N[C@H]3C. The van der Waals surface area contributed by atoms with E-state index in [1.54, 1.807) is 0 Å². The summed E-state index contributed by atoms with van der Waals surface area (Å²) in [6, 6.07) is 1.53. The van der Waals surface area contributed by atoms with Crippen molar-refractivity contribution in [1.29, 1.82) is 0 Å². The highest BCUT2D eigenvalue weighted by molar-refractivity contribution is 5.69. The first kappa shape index (κ1) is 27.4. The average molecular weight is 479 g/mol. The van der Waals surface area contributed by atoms with Crippen LogP contribution in [0.2, 0.25) is 0 Å². The summed E-state index contributed by atoms with van der Waals surface area (Å²) >= 11 is 0. The van der Waals surface area contributed by atoms with Gasteiger partial charge in [-0.3, -0.25) is 9.59 Å². The van der Waals surface area contributed by atoms with Gasteiger partial charge in [0.25, 0.3) is 0 Å². The predicted octanol–water partition coefficient (Wildman–Crippen LogP) is 5.57. The molecule has 6 aliphatic heterocycles. The Morgan fingerprint density at radius 3 is 1.32 bits per heavy atom. The Morgan fingerprint density at radius 2 is 0.912 bits per heavy atom. The highest BCUT2D eigenvalue weighted by Crippen LogP contribution is 2.23. The van der Waals surface area contributed by atoms with Crippen molar-refractivity contribution in [3.63, 3.8) is 0 Å². The number of esters is 2. The monoisotopic (exact) mass is 478 g/mol. The van der Waals surface area contributed by atoms with E-state index in [4.69, 9.17) is 9.47 Å². The number of carbonyl (C=O) groups is 2. The van der Waals surface area contributed by atoms with Crippen molar-refractivity contribution < 1.29 is 19.1 Å². The minimum absolute atomic E-state index is 0.0193. The van der Waals surface area contributed by atoms with Crippen molar-refractivity contribution >= 4 is 11.9 Å². The van der Waals surface area contributed by atoms with Gasteiger partial charge < -0.3 is 20.1 Å². The Morgan fingerprint density at radius 1 is 0.529 bits per heavy atom. The molecule has 0 unspecified atom stereocenters. The van der Waals surface area contributed by atoms with E-state index >= 15 is 0 Å². The molecular weight excluding hydrogens is 428 g/mol. The van der Waals surface area contributed by atoms with Gasteiger partial charge in [0, 0.05) is 37.0 Å². The Hall–Kier alpha value is -1.14. The van der Waals surface area contributed by atoms with Crippen molar-refractivity contribution in [3.8, 4) is 0 Å². The number of carbonyl (C=O) groups excluding carboxylic acids is 2. The molecule has 34 heavy (non-hydrogen) atoms. The van der Waals surface area contributed by atoms with Gasteiger partial charge in [0.05, 0.1) is 0 Å². The quantitative estimate of drug-likeness (QED) is 0.444. The van der Waals surface area contributed by atoms with Gasteiger partial charge in [0.1, 0.15) is 12.2 Å². The number of ether oxygens (including phenoxy) is 2. The summed E-state index contributed by atoms with van der Waals surface area (Å²) in [5, 5.41) is 7.35. The fraction of sp³-hybridized carbons (Fsp3) is 0.929. The number of nitrogens with one attached hydrogen (secondary N) is 2. The smallest absolute Gasteiger partial charge is 0.306 e. The number of hydrogen-bond acceptors (Lipinski definition) is 6. The third-order valence-electron chi connectivity index (χ3n) is 8.14. The lowest BCUT2D eigenvalue weighted by Crippen LogP contribution is -2.50. The molecule has 6 nitrogen and oxygen atoms in total. The molecule has 0 aromatic carbocycles. The van der Waals surface area contributed by atoms with E-state index in [1.165, 1.54) is 51.4 Å². The Labute approximate surface area is 207 Å². The largest absolute Gasteiger partial charge is 0.461 e. The van der Waals surface area contributed by atoms with Crippen LogP contribution in [0.15, 0.2) is 0 Å². The van der Waals surface area contributed by atoms with Crippen LogP contribution in [0.25, 0.3) is 0 Å². The molecule has 196 valence electrons. The van der Waals surface area contributed by atoms with Gasteiger partial charge in [-0.05, 0) is 65.2 Å². The number of rotatable bonds is 0. The highest BCUT2D eigenvalue weighted by atomic mass is 16.5. The summed E-state index contributed by atoms with van der Waals surface area (Å²) in [5.41, 5.74) is 0. The van der Waals surface area contributed by atoms with Gasteiger partial charge in [0.2, 0.25) is 0 Å². The summed E-state index contributed by atoms with van der Waals surface area (Å²) in [6.07, 6.45) is 18.9. The molecule has 6 aliphatic rings. The van der Waals surface area contributed by atoms with Gasteiger partial charge >= 0.3 is 11.9 Å². The second-order valence-electron chi connectivity index (χ2n) is 11.1. The van der Waals surface area contributed by atoms with E-state index in [0.717, 1.165) is 51.4 Å². The van der Waals surface area contributed by atoms with Gasteiger partial charge in [-0.15, -0.1) is 0 Å². The molecule has 4 bridgehead atoms. The molecular formula is C28H50N2O4. The van der Waals surface area contributed by atoms with E-state index in [9.17, 15) is 9.59 Å². The van der Waals surface area contributed by atoms with Gasteiger partial charge in [-0.1, -0.05) is 51.4 Å². The van der Waals surface area contributed by atoms with Crippen LogP contribution >= 0.6 is 0 Å². The third-order valence-corrected chi connectivity index (χ3v) is 8.14. The second-order valence-corrected chi connectivity index (χ2v) is 11.1. The van der Waals surface area contributed by atoms with E-state index in [-0.39, 0.29) is 36.2 Å². The molecule has 6 atom stereocenters. The topological polar surface area (TPSA) is 76.7 Å². The summed E-state index contributed by atoms with van der Waals surface area (Å²) in [7, 11) is 0. The van der Waals surface area contributed by atoms with Gasteiger partial charge in [0.15, 0.2) is 0 Å². The van der Waals surface area contributed by atoms with Crippen molar-refractivity contribution in [1.82, 2.24) is 10.6 Å². The highest BCUT2D eigenvalue weighted by Gasteiger charge is 2.30. The molecule has 6 saturated heterocycles. The zero-order valence-electron chi connectivity index (χ0n) is 21.8. The molecule has 6 fully saturated rings. The van der Waals surface area contributed by atoms with E-state index in [2.05, 4.69) is 24.5 Å². The second kappa shape index (κ2) is 15.1. The number of piperidine rings is 2. The van der Waals surface area contributed by atoms with Crippen molar-refractivity contribution in [3.05, 3.63) is 0 Å². The molecule has 6 heterocycles. The van der Waals surface area contributed by atoms with Crippen LogP contribution in [0, 0.1) is 0 Å². The normalized spacial score (nSPS) is 36.5. The molecule has 0 radical (unpaired) electrons. The maximum Gasteiger partial charge on any atom is 0.306 e. The third kappa shape index (κ3) is 9.85. The first-order valence-corrected chi connectivity index (χ1v) is 14.4. The standard InChI is InChI=1S/C28H50N2O4/c1-21-25-19-17-23(29-21)13-9-5-3-8-12-16-28(32)34-26-20-18-24(30-22(26)2)14-10-6-4-7-11-15-27(31)33-25/h21-26,29-30H,3-20H2,1-2H3/t21-,22-,23+,24+,25-,26+/m0/s1. The fourth-order valence-corrected chi connectivity index (χ4v) is 5.97. The fourth-order valence-electron chi connectivity index (χ4n) is 5.97. The summed E-state index contributed by atoms with van der Waals surface area (Å²) < 4.78 is 11.6. The van der Waals surface area contributed by atoms with E-state index in [0.29, 0.717) is 24.9 Å². The van der Waals surface area contributed by atoms with Crippen LogP contribution in [0.5, 0.6) is 0 Å². The predicted molar refractivity (Wildman–Crippen MR) is 136 cm³/mol. The van der Waals surface area contributed by atoms with Crippen molar-refractivity contribution in [2.45, 2.75) is 166 Å². The van der Waals surface area contributed by atoms with Gasteiger partial charge in [-0.25, -0.2) is 0 Å². The lowest BCUT2D eigenvalue weighted by Gasteiger charge is -2.35. The molecule has 0 amide bonds. The van der Waals surface area contributed by atoms with Crippen molar-refractivity contribution in [2.24, 2.45) is 0 Å². The summed E-state index contributed by atoms with van der Waals surface area (Å²) in [4.78, 5) is 24.6. The van der Waals surface area contributed by atoms with Gasteiger partial charge in [-0.2, -0.15) is 0 Å². The van der Waals surface area contributed by atoms with Crippen LogP contribution in [0.4, 0.5) is 0 Å². The Bertz CT molecular complexity index is 561. The molecule has 0 aromatic heterocycles.